The summed E-state index contributed by atoms with van der Waals surface area (Å²) in [5, 5.41) is 8.26. The first-order valence-electron chi connectivity index (χ1n) is 9.44. The normalized spacial score (nSPS) is 15.2. The zero-order chi connectivity index (χ0) is 17.9. The molecule has 0 radical (unpaired) electrons. The largest absolute Gasteiger partial charge is 0.351 e. The zero-order valence-electron chi connectivity index (χ0n) is 15.4. The second-order valence-corrected chi connectivity index (χ2v) is 7.04. The van der Waals surface area contributed by atoms with Crippen molar-refractivity contribution < 1.29 is 0 Å². The van der Waals surface area contributed by atoms with E-state index in [0.717, 1.165) is 34.3 Å². The number of rotatable bonds is 4. The van der Waals surface area contributed by atoms with Crippen LogP contribution in [-0.2, 0) is 0 Å². The summed E-state index contributed by atoms with van der Waals surface area (Å²) in [6.45, 7) is 4.14. The average Bonchev–Trinajstić information content (AvgIpc) is 2.98. The predicted molar refractivity (Wildman–Crippen MR) is 105 cm³/mol. The molecule has 2 heterocycles. The van der Waals surface area contributed by atoms with Crippen molar-refractivity contribution in [2.75, 3.05) is 5.32 Å². The van der Waals surface area contributed by atoms with Gasteiger partial charge in [-0.15, -0.1) is 0 Å². The van der Waals surface area contributed by atoms with Crippen LogP contribution in [-0.4, -0.2) is 25.8 Å². The molecule has 5 heteroatoms. The fourth-order valence-corrected chi connectivity index (χ4v) is 3.83. The predicted octanol–water partition coefficient (Wildman–Crippen LogP) is 4.69. The van der Waals surface area contributed by atoms with E-state index in [1.54, 1.807) is 0 Å². The number of aryl methyl sites for hydroxylation is 1. The van der Waals surface area contributed by atoms with Gasteiger partial charge in [0.15, 0.2) is 0 Å². The first kappa shape index (κ1) is 16.8. The van der Waals surface area contributed by atoms with Crippen LogP contribution in [0.1, 0.15) is 43.5 Å². The smallest absolute Gasteiger partial charge is 0.223 e. The number of hydrogen-bond donors (Lipinski definition) is 1. The Morgan fingerprint density at radius 2 is 1.77 bits per heavy atom. The molecule has 1 aromatic carbocycles. The summed E-state index contributed by atoms with van der Waals surface area (Å²) in [6.07, 6.45) is 8.18. The monoisotopic (exact) mass is 347 g/mol. The van der Waals surface area contributed by atoms with Crippen molar-refractivity contribution in [1.82, 2.24) is 19.7 Å². The molecule has 1 aliphatic rings. The highest BCUT2D eigenvalue weighted by Gasteiger charge is 2.18. The van der Waals surface area contributed by atoms with Gasteiger partial charge in [-0.2, -0.15) is 5.10 Å². The highest BCUT2D eigenvalue weighted by molar-refractivity contribution is 5.66. The van der Waals surface area contributed by atoms with Crippen molar-refractivity contribution >= 4 is 5.95 Å². The second-order valence-electron chi connectivity index (χ2n) is 7.04. The SMILES string of the molecule is Cc1nn(-c2ccccc2)c(C)c1-c1ccnc(NC2CCCCC2)n1. The van der Waals surface area contributed by atoms with Crippen molar-refractivity contribution in [3.8, 4) is 16.9 Å². The van der Waals surface area contributed by atoms with Crippen molar-refractivity contribution in [2.45, 2.75) is 52.0 Å². The van der Waals surface area contributed by atoms with Gasteiger partial charge in [0.05, 0.1) is 22.8 Å². The van der Waals surface area contributed by atoms with Crippen LogP contribution in [0.3, 0.4) is 0 Å². The molecule has 3 aromatic rings. The molecule has 0 bridgehead atoms. The topological polar surface area (TPSA) is 55.6 Å². The molecule has 0 saturated heterocycles. The Hall–Kier alpha value is -2.69. The van der Waals surface area contributed by atoms with E-state index in [1.165, 1.54) is 32.1 Å². The Balaban J connectivity index is 1.65. The van der Waals surface area contributed by atoms with Gasteiger partial charge in [0.25, 0.3) is 0 Å². The van der Waals surface area contributed by atoms with E-state index < -0.39 is 0 Å². The highest BCUT2D eigenvalue weighted by Crippen LogP contribution is 2.28. The lowest BCUT2D eigenvalue weighted by Gasteiger charge is -2.22. The summed E-state index contributed by atoms with van der Waals surface area (Å²) < 4.78 is 1.99. The number of para-hydroxylation sites is 1. The molecule has 0 atom stereocenters. The van der Waals surface area contributed by atoms with Crippen LogP contribution in [0.5, 0.6) is 0 Å². The number of nitrogens with zero attached hydrogens (tertiary/aromatic N) is 4. The van der Waals surface area contributed by atoms with Gasteiger partial charge in [0.2, 0.25) is 5.95 Å². The molecule has 0 amide bonds. The summed E-state index contributed by atoms with van der Waals surface area (Å²) in [5.74, 6) is 0.723. The summed E-state index contributed by atoms with van der Waals surface area (Å²) in [4.78, 5) is 9.22. The van der Waals surface area contributed by atoms with E-state index in [0.29, 0.717) is 6.04 Å². The molecule has 1 saturated carbocycles. The molecule has 0 unspecified atom stereocenters. The van der Waals surface area contributed by atoms with E-state index in [1.807, 2.05) is 42.1 Å². The number of hydrogen-bond acceptors (Lipinski definition) is 4. The lowest BCUT2D eigenvalue weighted by atomic mass is 9.96. The van der Waals surface area contributed by atoms with E-state index in [2.05, 4.69) is 29.4 Å². The summed E-state index contributed by atoms with van der Waals surface area (Å²) in [6, 6.07) is 12.7. The summed E-state index contributed by atoms with van der Waals surface area (Å²) in [7, 11) is 0. The maximum absolute atomic E-state index is 4.79. The molecule has 26 heavy (non-hydrogen) atoms. The number of aromatic nitrogens is 4. The van der Waals surface area contributed by atoms with Gasteiger partial charge in [0, 0.05) is 17.8 Å². The van der Waals surface area contributed by atoms with Crippen LogP contribution in [0.4, 0.5) is 5.95 Å². The first-order chi connectivity index (χ1) is 12.7. The fourth-order valence-electron chi connectivity index (χ4n) is 3.83. The van der Waals surface area contributed by atoms with Crippen molar-refractivity contribution in [2.24, 2.45) is 0 Å². The lowest BCUT2D eigenvalue weighted by Crippen LogP contribution is -2.23. The quantitative estimate of drug-likeness (QED) is 0.744. The van der Waals surface area contributed by atoms with Gasteiger partial charge >= 0.3 is 0 Å². The minimum absolute atomic E-state index is 0.494. The third-order valence-corrected chi connectivity index (χ3v) is 5.14. The maximum atomic E-state index is 4.79. The standard InChI is InChI=1S/C21H25N5/c1-15-20(16(2)26(25-15)18-11-7-4-8-12-18)19-13-14-22-21(24-19)23-17-9-5-3-6-10-17/h4,7-8,11-14,17H,3,5-6,9-10H2,1-2H3,(H,22,23,24). The van der Waals surface area contributed by atoms with Crippen LogP contribution >= 0.6 is 0 Å². The Morgan fingerprint density at radius 1 is 1.00 bits per heavy atom. The van der Waals surface area contributed by atoms with Gasteiger partial charge in [-0.25, -0.2) is 14.6 Å². The average molecular weight is 347 g/mol. The van der Waals surface area contributed by atoms with Crippen LogP contribution in [0, 0.1) is 13.8 Å². The highest BCUT2D eigenvalue weighted by atomic mass is 15.3. The molecule has 1 fully saturated rings. The van der Waals surface area contributed by atoms with E-state index in [9.17, 15) is 0 Å². The third-order valence-electron chi connectivity index (χ3n) is 5.14. The van der Waals surface area contributed by atoms with Crippen molar-refractivity contribution in [3.63, 3.8) is 0 Å². The van der Waals surface area contributed by atoms with Gasteiger partial charge in [0.1, 0.15) is 0 Å². The summed E-state index contributed by atoms with van der Waals surface area (Å²) >= 11 is 0. The van der Waals surface area contributed by atoms with Gasteiger partial charge < -0.3 is 5.32 Å². The molecular formula is C21H25N5. The van der Waals surface area contributed by atoms with Crippen molar-refractivity contribution in [3.05, 3.63) is 54.0 Å². The van der Waals surface area contributed by atoms with E-state index in [-0.39, 0.29) is 0 Å². The number of anilines is 1. The molecule has 1 aliphatic carbocycles. The zero-order valence-corrected chi connectivity index (χ0v) is 15.4. The van der Waals surface area contributed by atoms with Gasteiger partial charge in [-0.3, -0.25) is 0 Å². The van der Waals surface area contributed by atoms with Gasteiger partial charge in [-0.05, 0) is 44.9 Å². The Morgan fingerprint density at radius 3 is 2.54 bits per heavy atom. The van der Waals surface area contributed by atoms with Crippen molar-refractivity contribution in [1.29, 1.82) is 0 Å². The molecule has 2 aromatic heterocycles. The van der Waals surface area contributed by atoms with Crippen LogP contribution in [0.15, 0.2) is 42.6 Å². The Labute approximate surface area is 154 Å². The molecule has 5 nitrogen and oxygen atoms in total. The molecular weight excluding hydrogens is 322 g/mol. The molecule has 1 N–H and O–H groups in total. The minimum Gasteiger partial charge on any atom is -0.351 e. The third kappa shape index (κ3) is 3.34. The molecule has 0 spiro atoms. The first-order valence-corrected chi connectivity index (χ1v) is 9.44. The molecule has 134 valence electrons. The Kier molecular flexibility index (Phi) is 4.69. The summed E-state index contributed by atoms with van der Waals surface area (Å²) in [5.41, 5.74) is 5.15. The van der Waals surface area contributed by atoms with Gasteiger partial charge in [-0.1, -0.05) is 37.5 Å². The van der Waals surface area contributed by atoms with Crippen LogP contribution in [0.25, 0.3) is 16.9 Å². The Bertz CT molecular complexity index is 879. The number of nitrogens with one attached hydrogen (secondary N) is 1. The minimum atomic E-state index is 0.494. The van der Waals surface area contributed by atoms with E-state index >= 15 is 0 Å². The van der Waals surface area contributed by atoms with Crippen LogP contribution < -0.4 is 5.32 Å². The maximum Gasteiger partial charge on any atom is 0.223 e. The number of benzene rings is 1. The lowest BCUT2D eigenvalue weighted by molar-refractivity contribution is 0.461. The molecule has 4 rings (SSSR count). The van der Waals surface area contributed by atoms with E-state index in [4.69, 9.17) is 10.1 Å². The second kappa shape index (κ2) is 7.28. The van der Waals surface area contributed by atoms with Crippen LogP contribution in [0.2, 0.25) is 0 Å². The fraction of sp³-hybridized carbons (Fsp3) is 0.381. The molecule has 0 aliphatic heterocycles.